The minimum atomic E-state index is -4.75. The van der Waals surface area contributed by atoms with E-state index in [2.05, 4.69) is 5.09 Å². The Hall–Kier alpha value is -3.26. The third-order valence-electron chi connectivity index (χ3n) is 6.62. The number of nitrogens with zero attached hydrogens (tertiary/aromatic N) is 1. The zero-order chi connectivity index (χ0) is 30.8. The van der Waals surface area contributed by atoms with Crippen molar-refractivity contribution in [2.45, 2.75) is 69.8 Å². The Morgan fingerprint density at radius 1 is 1.17 bits per heavy atom. The summed E-state index contributed by atoms with van der Waals surface area (Å²) in [6, 6.07) is 10.4. The van der Waals surface area contributed by atoms with E-state index in [1.54, 1.807) is 50.2 Å². The second-order valence-electron chi connectivity index (χ2n) is 10.1. The van der Waals surface area contributed by atoms with E-state index in [4.69, 9.17) is 18.5 Å². The Kier molecular flexibility index (Phi) is 9.46. The van der Waals surface area contributed by atoms with E-state index in [1.165, 1.54) is 13.0 Å². The molecule has 2 aliphatic rings. The molecule has 0 spiro atoms. The molecule has 15 heteroatoms. The van der Waals surface area contributed by atoms with Crippen LogP contribution in [0.15, 0.2) is 54.7 Å². The van der Waals surface area contributed by atoms with Crippen molar-refractivity contribution in [3.8, 4) is 5.75 Å². The molecular formula is C27H31F2N2O10P. The Morgan fingerprint density at radius 2 is 1.86 bits per heavy atom. The molecule has 228 valence electrons. The third-order valence-corrected chi connectivity index (χ3v) is 8.23. The zero-order valence-corrected chi connectivity index (χ0v) is 23.8. The van der Waals surface area contributed by atoms with Gasteiger partial charge in [0.1, 0.15) is 24.0 Å². The van der Waals surface area contributed by atoms with Crippen molar-refractivity contribution in [1.29, 1.82) is 0 Å². The average Bonchev–Trinajstić information content (AvgIpc) is 3.18. The first kappa shape index (κ1) is 31.7. The Bertz CT molecular complexity index is 1420. The van der Waals surface area contributed by atoms with Crippen LogP contribution in [-0.4, -0.2) is 82.0 Å². The lowest BCUT2D eigenvalue weighted by Gasteiger charge is -2.33. The van der Waals surface area contributed by atoms with E-state index in [0.717, 1.165) is 12.3 Å². The molecule has 0 radical (unpaired) electrons. The molecule has 2 aliphatic heterocycles. The van der Waals surface area contributed by atoms with Crippen molar-refractivity contribution in [2.24, 2.45) is 0 Å². The van der Waals surface area contributed by atoms with Gasteiger partial charge in [-0.3, -0.25) is 23.8 Å². The van der Waals surface area contributed by atoms with Crippen molar-refractivity contribution in [3.05, 3.63) is 54.7 Å². The molecule has 2 heterocycles. The normalized spacial score (nSPS) is 26.6. The third kappa shape index (κ3) is 6.54. The number of alkyl halides is 2. The van der Waals surface area contributed by atoms with E-state index in [-0.39, 0.29) is 5.75 Å². The van der Waals surface area contributed by atoms with Gasteiger partial charge >= 0.3 is 13.7 Å². The van der Waals surface area contributed by atoms with Gasteiger partial charge in [-0.15, -0.1) is 0 Å². The van der Waals surface area contributed by atoms with Crippen LogP contribution in [0.25, 0.3) is 10.8 Å². The molecular weight excluding hydrogens is 581 g/mol. The molecule has 1 amide bonds. The predicted octanol–water partition coefficient (Wildman–Crippen LogP) is 2.67. The number of aliphatic hydroxyl groups excluding tert-OH is 2. The fraction of sp³-hybridized carbons (Fsp3) is 0.444. The lowest BCUT2D eigenvalue weighted by atomic mass is 9.96. The summed E-state index contributed by atoms with van der Waals surface area (Å²) >= 11 is 0. The van der Waals surface area contributed by atoms with Crippen molar-refractivity contribution >= 4 is 36.2 Å². The maximum absolute atomic E-state index is 14.6. The number of carbonyl (C=O) groups excluding carboxylic acids is 3. The summed E-state index contributed by atoms with van der Waals surface area (Å²) in [5, 5.41) is 24.9. The van der Waals surface area contributed by atoms with Crippen LogP contribution in [-0.2, 0) is 32.9 Å². The van der Waals surface area contributed by atoms with Gasteiger partial charge in [0.05, 0.1) is 19.1 Å². The van der Waals surface area contributed by atoms with E-state index < -0.39 is 81.0 Å². The van der Waals surface area contributed by atoms with Gasteiger partial charge in [-0.2, -0.15) is 5.09 Å². The second kappa shape index (κ2) is 12.5. The summed E-state index contributed by atoms with van der Waals surface area (Å²) in [5.41, 5.74) is -3.00. The van der Waals surface area contributed by atoms with Crippen LogP contribution >= 0.6 is 7.75 Å². The molecule has 1 fully saturated rings. The predicted molar refractivity (Wildman–Crippen MR) is 143 cm³/mol. The highest BCUT2D eigenvalue weighted by Gasteiger charge is 2.62. The number of hydrogen-bond donors (Lipinski definition) is 3. The summed E-state index contributed by atoms with van der Waals surface area (Å²) in [7, 11) is -4.75. The number of hydrogen-bond acceptors (Lipinski definition) is 10. The molecule has 0 bridgehead atoms. The van der Waals surface area contributed by atoms with Crippen molar-refractivity contribution in [3.63, 3.8) is 0 Å². The number of aliphatic hydroxyl groups is 2. The number of rotatable bonds is 11. The molecule has 2 aromatic rings. The van der Waals surface area contributed by atoms with Gasteiger partial charge < -0.3 is 24.2 Å². The minimum absolute atomic E-state index is 0.0268. The summed E-state index contributed by atoms with van der Waals surface area (Å²) < 4.78 is 64.9. The number of halogens is 2. The molecule has 12 nitrogen and oxygen atoms in total. The highest BCUT2D eigenvalue weighted by Crippen LogP contribution is 2.49. The number of fused-ring (bicyclic) bond motifs is 1. The molecule has 0 aliphatic carbocycles. The van der Waals surface area contributed by atoms with E-state index >= 15 is 0 Å². The molecule has 2 aromatic carbocycles. The standard InChI is InChI=1S/C27H31F2N2O10P/c1-15(2)39-25(36)16(3)30-42(37,41-20-10-6-8-17-7-4-5-9-19(17)20)38-14-27(26(28)29)23(35)22(34)24(40-27)31-12-11-18(32)13-21(31)33/h4-12,15-16,22-24,26,34-35H,13-14H2,1-3H3,(H,30,37)/t16-,22-,23-,24+,27+,42?/m0/s1. The van der Waals surface area contributed by atoms with E-state index in [9.17, 15) is 37.9 Å². The first-order chi connectivity index (χ1) is 19.8. The van der Waals surface area contributed by atoms with Gasteiger partial charge in [-0.25, -0.2) is 13.3 Å². The lowest BCUT2D eigenvalue weighted by Crippen LogP contribution is -2.53. The Morgan fingerprint density at radius 3 is 2.52 bits per heavy atom. The molecule has 4 rings (SSSR count). The monoisotopic (exact) mass is 612 g/mol. The Balaban J connectivity index is 1.65. The van der Waals surface area contributed by atoms with Gasteiger partial charge in [-0.1, -0.05) is 36.4 Å². The summed E-state index contributed by atoms with van der Waals surface area (Å²) in [5.74, 6) is -2.21. The molecule has 1 saturated heterocycles. The van der Waals surface area contributed by atoms with Crippen molar-refractivity contribution < 1.29 is 56.5 Å². The number of nitrogens with one attached hydrogen (secondary N) is 1. The van der Waals surface area contributed by atoms with E-state index in [1.807, 2.05) is 0 Å². The number of esters is 1. The van der Waals surface area contributed by atoms with Gasteiger partial charge in [0, 0.05) is 11.6 Å². The lowest BCUT2D eigenvalue weighted by molar-refractivity contribution is -0.200. The molecule has 0 aromatic heterocycles. The number of carbonyl (C=O) groups is 3. The molecule has 1 unspecified atom stereocenters. The number of amides is 1. The topological polar surface area (TPSA) is 161 Å². The summed E-state index contributed by atoms with van der Waals surface area (Å²) in [6.07, 6.45) is -8.92. The average molecular weight is 613 g/mol. The number of benzene rings is 2. The number of allylic oxidation sites excluding steroid dienone is 1. The van der Waals surface area contributed by atoms with Crippen LogP contribution in [0.5, 0.6) is 5.75 Å². The zero-order valence-electron chi connectivity index (χ0n) is 22.9. The van der Waals surface area contributed by atoms with Gasteiger partial charge in [0.15, 0.2) is 17.6 Å². The molecule has 3 N–H and O–H groups in total. The maximum Gasteiger partial charge on any atom is 0.459 e. The Labute approximate surface area is 239 Å². The highest BCUT2D eigenvalue weighted by atomic mass is 31.2. The maximum atomic E-state index is 14.6. The van der Waals surface area contributed by atoms with Gasteiger partial charge in [0.25, 0.3) is 6.43 Å². The van der Waals surface area contributed by atoms with Crippen LogP contribution in [0.2, 0.25) is 0 Å². The fourth-order valence-electron chi connectivity index (χ4n) is 4.47. The smallest absolute Gasteiger partial charge is 0.459 e. The van der Waals surface area contributed by atoms with Crippen LogP contribution in [0.3, 0.4) is 0 Å². The van der Waals surface area contributed by atoms with Gasteiger partial charge in [0.2, 0.25) is 5.91 Å². The van der Waals surface area contributed by atoms with Crippen LogP contribution < -0.4 is 9.61 Å². The first-order valence-electron chi connectivity index (χ1n) is 13.0. The van der Waals surface area contributed by atoms with Crippen molar-refractivity contribution in [2.75, 3.05) is 6.61 Å². The van der Waals surface area contributed by atoms with E-state index in [0.29, 0.717) is 15.7 Å². The molecule has 6 atom stereocenters. The second-order valence-corrected chi connectivity index (χ2v) is 11.8. The molecule has 0 saturated carbocycles. The first-order valence-corrected chi connectivity index (χ1v) is 14.5. The van der Waals surface area contributed by atoms with Crippen LogP contribution in [0.4, 0.5) is 8.78 Å². The summed E-state index contributed by atoms with van der Waals surface area (Å²) in [4.78, 5) is 37.1. The number of ether oxygens (including phenoxy) is 2. The van der Waals surface area contributed by atoms with Crippen LogP contribution in [0, 0.1) is 0 Å². The van der Waals surface area contributed by atoms with Crippen molar-refractivity contribution in [1.82, 2.24) is 9.99 Å². The molecule has 42 heavy (non-hydrogen) atoms. The highest BCUT2D eigenvalue weighted by molar-refractivity contribution is 7.52. The number of ketones is 1. The quantitative estimate of drug-likeness (QED) is 0.194. The van der Waals surface area contributed by atoms with Gasteiger partial charge in [-0.05, 0) is 38.3 Å². The summed E-state index contributed by atoms with van der Waals surface area (Å²) in [6.45, 7) is 3.17. The largest absolute Gasteiger partial charge is 0.462 e. The fourth-order valence-corrected chi connectivity index (χ4v) is 6.02. The van der Waals surface area contributed by atoms with Crippen LogP contribution in [0.1, 0.15) is 27.2 Å². The minimum Gasteiger partial charge on any atom is -0.462 e. The SMILES string of the molecule is CC(C)OC(=O)[C@H](C)NP(=O)(OC[C@@]1(C(F)F)O[C@@H](N2C=CC(=O)CC2=O)[C@@H](O)[C@@H]1O)Oc1cccc2ccccc12.